The van der Waals surface area contributed by atoms with Crippen LogP contribution in [0.2, 0.25) is 0 Å². The summed E-state index contributed by atoms with van der Waals surface area (Å²) in [5.41, 5.74) is 0. The highest BCUT2D eigenvalue weighted by atomic mass is 16.7. The lowest BCUT2D eigenvalue weighted by Gasteiger charge is -2.24. The van der Waals surface area contributed by atoms with E-state index in [1.165, 1.54) is 19.3 Å². The number of hydrogen-bond acceptors (Lipinski definition) is 3. The first-order valence-corrected chi connectivity index (χ1v) is 5.19. The molecule has 0 spiro atoms. The second-order valence-corrected chi connectivity index (χ2v) is 3.85. The van der Waals surface area contributed by atoms with Gasteiger partial charge in [0, 0.05) is 6.42 Å². The molecule has 74 valence electrons. The molecule has 3 heteroatoms. The van der Waals surface area contributed by atoms with Crippen molar-refractivity contribution >= 4 is 5.97 Å². The third-order valence-corrected chi connectivity index (χ3v) is 2.74. The fourth-order valence-corrected chi connectivity index (χ4v) is 2.01. The van der Waals surface area contributed by atoms with Crippen LogP contribution < -0.4 is 0 Å². The molecule has 2 rings (SSSR count). The number of ether oxygens (including phenoxy) is 2. The van der Waals surface area contributed by atoms with E-state index >= 15 is 0 Å². The van der Waals surface area contributed by atoms with Crippen molar-refractivity contribution < 1.29 is 14.3 Å². The van der Waals surface area contributed by atoms with E-state index in [4.69, 9.17) is 9.47 Å². The SMILES string of the molecule is O=C1CCC(OC2CCCCC2)O1. The second-order valence-electron chi connectivity index (χ2n) is 3.85. The number of esters is 1. The first kappa shape index (κ1) is 9.00. The predicted octanol–water partition coefficient (Wildman–Crippen LogP) is 2.00. The van der Waals surface area contributed by atoms with Gasteiger partial charge in [0.2, 0.25) is 6.29 Å². The van der Waals surface area contributed by atoms with Crippen molar-refractivity contribution in [3.63, 3.8) is 0 Å². The van der Waals surface area contributed by atoms with Crippen molar-refractivity contribution in [2.75, 3.05) is 0 Å². The minimum Gasteiger partial charge on any atom is -0.436 e. The molecule has 1 heterocycles. The molecule has 13 heavy (non-hydrogen) atoms. The molecule has 1 unspecified atom stereocenters. The highest BCUT2D eigenvalue weighted by Crippen LogP contribution is 2.24. The Morgan fingerprint density at radius 1 is 1.15 bits per heavy atom. The molecule has 0 aromatic carbocycles. The summed E-state index contributed by atoms with van der Waals surface area (Å²) in [5, 5.41) is 0. The summed E-state index contributed by atoms with van der Waals surface area (Å²) >= 11 is 0. The molecule has 0 bridgehead atoms. The van der Waals surface area contributed by atoms with Gasteiger partial charge in [0.25, 0.3) is 0 Å². The minimum atomic E-state index is -0.240. The summed E-state index contributed by atoms with van der Waals surface area (Å²) in [7, 11) is 0. The van der Waals surface area contributed by atoms with Crippen molar-refractivity contribution in [2.24, 2.45) is 0 Å². The van der Waals surface area contributed by atoms with Crippen LogP contribution in [-0.2, 0) is 14.3 Å². The van der Waals surface area contributed by atoms with Gasteiger partial charge in [0.1, 0.15) is 0 Å². The summed E-state index contributed by atoms with van der Waals surface area (Å²) in [6.45, 7) is 0. The van der Waals surface area contributed by atoms with E-state index in [-0.39, 0.29) is 12.3 Å². The Morgan fingerprint density at radius 2 is 1.92 bits per heavy atom. The molecule has 3 nitrogen and oxygen atoms in total. The van der Waals surface area contributed by atoms with Crippen LogP contribution in [-0.4, -0.2) is 18.4 Å². The first-order valence-electron chi connectivity index (χ1n) is 5.19. The Hall–Kier alpha value is -0.570. The average Bonchev–Trinajstić information content (AvgIpc) is 2.53. The summed E-state index contributed by atoms with van der Waals surface area (Å²) in [4.78, 5) is 10.8. The number of carbonyl (C=O) groups is 1. The average molecular weight is 184 g/mol. The monoisotopic (exact) mass is 184 g/mol. The molecule has 1 saturated carbocycles. The highest BCUT2D eigenvalue weighted by molar-refractivity contribution is 5.71. The number of hydrogen-bond donors (Lipinski definition) is 0. The van der Waals surface area contributed by atoms with Gasteiger partial charge >= 0.3 is 5.97 Å². The molecule has 0 amide bonds. The number of rotatable bonds is 2. The van der Waals surface area contributed by atoms with Crippen LogP contribution in [0.15, 0.2) is 0 Å². The van der Waals surface area contributed by atoms with Crippen LogP contribution in [0.1, 0.15) is 44.9 Å². The highest BCUT2D eigenvalue weighted by Gasteiger charge is 2.27. The fraction of sp³-hybridized carbons (Fsp3) is 0.900. The smallest absolute Gasteiger partial charge is 0.308 e. The van der Waals surface area contributed by atoms with E-state index in [1.54, 1.807) is 0 Å². The zero-order valence-electron chi connectivity index (χ0n) is 7.83. The second kappa shape index (κ2) is 4.09. The lowest BCUT2D eigenvalue weighted by atomic mass is 9.98. The topological polar surface area (TPSA) is 35.5 Å². The van der Waals surface area contributed by atoms with Crippen LogP contribution in [0.5, 0.6) is 0 Å². The van der Waals surface area contributed by atoms with Gasteiger partial charge in [-0.25, -0.2) is 0 Å². The van der Waals surface area contributed by atoms with E-state index < -0.39 is 0 Å². The Morgan fingerprint density at radius 3 is 2.54 bits per heavy atom. The molecule has 2 aliphatic rings. The fourth-order valence-electron chi connectivity index (χ4n) is 2.01. The zero-order chi connectivity index (χ0) is 9.10. The van der Waals surface area contributed by atoms with E-state index in [0.717, 1.165) is 19.3 Å². The third-order valence-electron chi connectivity index (χ3n) is 2.74. The van der Waals surface area contributed by atoms with Gasteiger partial charge in [-0.3, -0.25) is 4.79 Å². The van der Waals surface area contributed by atoms with Gasteiger partial charge in [0.05, 0.1) is 12.5 Å². The molecule has 0 radical (unpaired) electrons. The van der Waals surface area contributed by atoms with Gasteiger partial charge in [-0.15, -0.1) is 0 Å². The molecular weight excluding hydrogens is 168 g/mol. The third kappa shape index (κ3) is 2.44. The van der Waals surface area contributed by atoms with Crippen molar-refractivity contribution in [3.8, 4) is 0 Å². The van der Waals surface area contributed by atoms with Gasteiger partial charge in [0.15, 0.2) is 0 Å². The maximum atomic E-state index is 10.8. The van der Waals surface area contributed by atoms with Gasteiger partial charge < -0.3 is 9.47 Å². The predicted molar refractivity (Wildman–Crippen MR) is 47.1 cm³/mol. The van der Waals surface area contributed by atoms with Crippen LogP contribution in [0.3, 0.4) is 0 Å². The van der Waals surface area contributed by atoms with Crippen LogP contribution >= 0.6 is 0 Å². The van der Waals surface area contributed by atoms with Crippen molar-refractivity contribution in [1.29, 1.82) is 0 Å². The molecule has 1 aliphatic heterocycles. The van der Waals surface area contributed by atoms with Gasteiger partial charge in [-0.05, 0) is 12.8 Å². The molecular formula is C10H16O3. The van der Waals surface area contributed by atoms with E-state index in [2.05, 4.69) is 0 Å². The quantitative estimate of drug-likeness (QED) is 0.616. The normalized spacial score (nSPS) is 30.5. The number of cyclic esters (lactones) is 1. The standard InChI is InChI=1S/C10H16O3/c11-9-6-7-10(13-9)12-8-4-2-1-3-5-8/h8,10H,1-7H2. The Labute approximate surface area is 78.4 Å². The van der Waals surface area contributed by atoms with Crippen LogP contribution in [0.25, 0.3) is 0 Å². The summed E-state index contributed by atoms with van der Waals surface area (Å²) < 4.78 is 10.7. The largest absolute Gasteiger partial charge is 0.436 e. The molecule has 1 aliphatic carbocycles. The van der Waals surface area contributed by atoms with Crippen molar-refractivity contribution in [1.82, 2.24) is 0 Å². The maximum absolute atomic E-state index is 10.8. The Balaban J connectivity index is 1.73. The minimum absolute atomic E-state index is 0.110. The Kier molecular flexibility index (Phi) is 2.83. The lowest BCUT2D eigenvalue weighted by molar-refractivity contribution is -0.175. The molecule has 1 atom stereocenters. The van der Waals surface area contributed by atoms with Gasteiger partial charge in [-0.1, -0.05) is 19.3 Å². The van der Waals surface area contributed by atoms with E-state index in [9.17, 15) is 4.79 Å². The van der Waals surface area contributed by atoms with Gasteiger partial charge in [-0.2, -0.15) is 0 Å². The molecule has 0 aromatic rings. The van der Waals surface area contributed by atoms with Crippen molar-refractivity contribution in [3.05, 3.63) is 0 Å². The molecule has 2 fully saturated rings. The molecule has 0 aromatic heterocycles. The molecule has 1 saturated heterocycles. The zero-order valence-corrected chi connectivity index (χ0v) is 7.83. The molecule has 0 N–H and O–H groups in total. The Bertz CT molecular complexity index is 185. The number of carbonyl (C=O) groups excluding carboxylic acids is 1. The summed E-state index contributed by atoms with van der Waals surface area (Å²) in [6.07, 6.45) is 7.47. The maximum Gasteiger partial charge on any atom is 0.308 e. The first-order chi connectivity index (χ1) is 6.34. The lowest BCUT2D eigenvalue weighted by Crippen LogP contribution is -2.23. The van der Waals surface area contributed by atoms with Crippen LogP contribution in [0, 0.1) is 0 Å². The van der Waals surface area contributed by atoms with E-state index in [0.29, 0.717) is 12.5 Å². The van der Waals surface area contributed by atoms with Crippen molar-refractivity contribution in [2.45, 2.75) is 57.3 Å². The summed E-state index contributed by atoms with van der Waals surface area (Å²) in [6, 6.07) is 0. The van der Waals surface area contributed by atoms with E-state index in [1.807, 2.05) is 0 Å². The summed E-state index contributed by atoms with van der Waals surface area (Å²) in [5.74, 6) is -0.110. The van der Waals surface area contributed by atoms with Crippen LogP contribution in [0.4, 0.5) is 0 Å².